The van der Waals surface area contributed by atoms with E-state index in [0.717, 1.165) is 17.0 Å². The lowest BCUT2D eigenvalue weighted by Crippen LogP contribution is -2.49. The normalized spacial score (nSPS) is 14.4. The fraction of sp³-hybridized carbons (Fsp3) is 0.412. The van der Waals surface area contributed by atoms with Crippen LogP contribution in [0.2, 0.25) is 0 Å². The predicted octanol–water partition coefficient (Wildman–Crippen LogP) is 3.30. The van der Waals surface area contributed by atoms with E-state index in [1.165, 1.54) is 11.3 Å². The first-order valence-electron chi connectivity index (χ1n) is 8.06. The molecule has 0 aliphatic rings. The van der Waals surface area contributed by atoms with Crippen LogP contribution < -0.4 is 10.6 Å². The number of anilines is 1. The Morgan fingerprint density at radius 1 is 1.16 bits per heavy atom. The SMILES string of the molecule is CCC(C)C(NC(=O)C(C)Cl)C(=O)Nc1nnc(-c2ccccc2)s1. The molecular weight excluding hydrogens is 360 g/mol. The second kappa shape index (κ2) is 8.92. The third kappa shape index (κ3) is 5.24. The number of amides is 2. The van der Waals surface area contributed by atoms with Crippen molar-refractivity contribution >= 4 is 39.9 Å². The number of aromatic nitrogens is 2. The van der Waals surface area contributed by atoms with Gasteiger partial charge in [-0.1, -0.05) is 61.9 Å². The summed E-state index contributed by atoms with van der Waals surface area (Å²) in [6.45, 7) is 5.43. The van der Waals surface area contributed by atoms with Crippen LogP contribution in [0.5, 0.6) is 0 Å². The summed E-state index contributed by atoms with van der Waals surface area (Å²) in [6, 6.07) is 8.92. The number of rotatable bonds is 7. The molecule has 8 heteroatoms. The highest BCUT2D eigenvalue weighted by molar-refractivity contribution is 7.18. The number of halogens is 1. The number of hydrogen-bond acceptors (Lipinski definition) is 5. The molecule has 134 valence electrons. The standard InChI is InChI=1S/C17H21ClN4O2S/c1-4-10(2)13(19-14(23)11(3)18)15(24)20-17-22-21-16(25-17)12-8-6-5-7-9-12/h5-11,13H,4H2,1-3H3,(H,19,23)(H,20,22,24). The minimum absolute atomic E-state index is 0.0409. The summed E-state index contributed by atoms with van der Waals surface area (Å²) in [7, 11) is 0. The lowest BCUT2D eigenvalue weighted by atomic mass is 9.98. The first-order valence-corrected chi connectivity index (χ1v) is 9.31. The number of hydrogen-bond donors (Lipinski definition) is 2. The van der Waals surface area contributed by atoms with Crippen molar-refractivity contribution in [3.8, 4) is 10.6 Å². The Morgan fingerprint density at radius 3 is 2.44 bits per heavy atom. The fourth-order valence-corrected chi connectivity index (χ4v) is 2.94. The Hall–Kier alpha value is -1.99. The molecule has 0 aliphatic heterocycles. The summed E-state index contributed by atoms with van der Waals surface area (Å²) >= 11 is 7.08. The van der Waals surface area contributed by atoms with Crippen LogP contribution in [0, 0.1) is 5.92 Å². The Balaban J connectivity index is 2.10. The maximum Gasteiger partial charge on any atom is 0.249 e. The zero-order valence-electron chi connectivity index (χ0n) is 14.3. The van der Waals surface area contributed by atoms with E-state index >= 15 is 0 Å². The van der Waals surface area contributed by atoms with Gasteiger partial charge in [-0.05, 0) is 12.8 Å². The van der Waals surface area contributed by atoms with Gasteiger partial charge in [0.05, 0.1) is 0 Å². The fourth-order valence-electron chi connectivity index (χ4n) is 2.12. The minimum Gasteiger partial charge on any atom is -0.343 e. The van der Waals surface area contributed by atoms with Gasteiger partial charge in [0.25, 0.3) is 0 Å². The molecule has 3 atom stereocenters. The van der Waals surface area contributed by atoms with E-state index in [1.54, 1.807) is 6.92 Å². The molecule has 0 fully saturated rings. The van der Waals surface area contributed by atoms with Crippen LogP contribution >= 0.6 is 22.9 Å². The van der Waals surface area contributed by atoms with Crippen LogP contribution in [-0.2, 0) is 9.59 Å². The third-order valence-corrected chi connectivity index (χ3v) is 4.92. The molecule has 1 aromatic heterocycles. The summed E-state index contributed by atoms with van der Waals surface area (Å²) in [5, 5.41) is 14.0. The number of alkyl halides is 1. The Labute approximate surface area is 156 Å². The van der Waals surface area contributed by atoms with Crippen molar-refractivity contribution < 1.29 is 9.59 Å². The third-order valence-electron chi connectivity index (χ3n) is 3.83. The van der Waals surface area contributed by atoms with E-state index in [1.807, 2.05) is 44.2 Å². The average Bonchev–Trinajstić information content (AvgIpc) is 3.07. The number of benzene rings is 1. The van der Waals surface area contributed by atoms with Gasteiger partial charge < -0.3 is 5.32 Å². The second-order valence-electron chi connectivity index (χ2n) is 5.76. The molecule has 0 saturated heterocycles. The quantitative estimate of drug-likeness (QED) is 0.722. The highest BCUT2D eigenvalue weighted by Gasteiger charge is 2.28. The Morgan fingerprint density at radius 2 is 1.84 bits per heavy atom. The molecule has 3 unspecified atom stereocenters. The van der Waals surface area contributed by atoms with Gasteiger partial charge in [0.2, 0.25) is 16.9 Å². The summed E-state index contributed by atoms with van der Waals surface area (Å²) in [5.41, 5.74) is 0.934. The summed E-state index contributed by atoms with van der Waals surface area (Å²) in [6.07, 6.45) is 0.737. The molecule has 0 bridgehead atoms. The average molecular weight is 381 g/mol. The molecule has 2 aromatic rings. The Bertz CT molecular complexity index is 720. The lowest BCUT2D eigenvalue weighted by molar-refractivity contribution is -0.127. The van der Waals surface area contributed by atoms with Gasteiger partial charge in [-0.25, -0.2) is 0 Å². The number of nitrogens with one attached hydrogen (secondary N) is 2. The van der Waals surface area contributed by atoms with Crippen molar-refractivity contribution in [2.45, 2.75) is 38.6 Å². The molecule has 2 N–H and O–H groups in total. The van der Waals surface area contributed by atoms with Crippen molar-refractivity contribution in [1.29, 1.82) is 0 Å². The van der Waals surface area contributed by atoms with Gasteiger partial charge in [0.1, 0.15) is 16.4 Å². The Kier molecular flexibility index (Phi) is 6.90. The van der Waals surface area contributed by atoms with E-state index in [4.69, 9.17) is 11.6 Å². The van der Waals surface area contributed by atoms with E-state index in [9.17, 15) is 9.59 Å². The van der Waals surface area contributed by atoms with Gasteiger partial charge in [0, 0.05) is 5.56 Å². The van der Waals surface area contributed by atoms with E-state index in [0.29, 0.717) is 5.13 Å². The van der Waals surface area contributed by atoms with E-state index in [2.05, 4.69) is 20.8 Å². The second-order valence-corrected chi connectivity index (χ2v) is 7.39. The van der Waals surface area contributed by atoms with Crippen molar-refractivity contribution in [3.05, 3.63) is 30.3 Å². The van der Waals surface area contributed by atoms with Gasteiger partial charge in [0.15, 0.2) is 0 Å². The number of carbonyl (C=O) groups excluding carboxylic acids is 2. The van der Waals surface area contributed by atoms with Gasteiger partial charge in [-0.15, -0.1) is 21.8 Å². The van der Waals surface area contributed by atoms with E-state index in [-0.39, 0.29) is 17.7 Å². The van der Waals surface area contributed by atoms with E-state index < -0.39 is 11.4 Å². The maximum atomic E-state index is 12.6. The topological polar surface area (TPSA) is 84.0 Å². The van der Waals surface area contributed by atoms with Crippen molar-refractivity contribution in [2.75, 3.05) is 5.32 Å². The van der Waals surface area contributed by atoms with Gasteiger partial charge in [-0.3, -0.25) is 14.9 Å². The molecule has 25 heavy (non-hydrogen) atoms. The summed E-state index contributed by atoms with van der Waals surface area (Å²) in [5.74, 6) is -0.735. The zero-order valence-corrected chi connectivity index (χ0v) is 15.9. The lowest BCUT2D eigenvalue weighted by Gasteiger charge is -2.23. The number of nitrogens with zero attached hydrogens (tertiary/aromatic N) is 2. The predicted molar refractivity (Wildman–Crippen MR) is 101 cm³/mol. The molecule has 1 aromatic carbocycles. The van der Waals surface area contributed by atoms with Crippen molar-refractivity contribution in [2.24, 2.45) is 5.92 Å². The number of carbonyl (C=O) groups is 2. The molecule has 0 spiro atoms. The minimum atomic E-state index is -0.703. The van der Waals surface area contributed by atoms with Gasteiger partial charge in [-0.2, -0.15) is 0 Å². The van der Waals surface area contributed by atoms with Crippen LogP contribution in [0.4, 0.5) is 5.13 Å². The molecule has 0 radical (unpaired) electrons. The first-order chi connectivity index (χ1) is 11.9. The van der Waals surface area contributed by atoms with Crippen LogP contribution in [0.15, 0.2) is 30.3 Å². The van der Waals surface area contributed by atoms with Crippen LogP contribution in [0.25, 0.3) is 10.6 Å². The molecule has 6 nitrogen and oxygen atoms in total. The first kappa shape index (κ1) is 19.3. The monoisotopic (exact) mass is 380 g/mol. The molecule has 2 rings (SSSR count). The zero-order chi connectivity index (χ0) is 18.4. The molecule has 0 aliphatic carbocycles. The van der Waals surface area contributed by atoms with Gasteiger partial charge >= 0.3 is 0 Å². The highest BCUT2D eigenvalue weighted by Crippen LogP contribution is 2.26. The van der Waals surface area contributed by atoms with Crippen LogP contribution in [0.1, 0.15) is 27.2 Å². The van der Waals surface area contributed by atoms with Crippen LogP contribution in [-0.4, -0.2) is 33.4 Å². The van der Waals surface area contributed by atoms with Crippen molar-refractivity contribution in [1.82, 2.24) is 15.5 Å². The smallest absolute Gasteiger partial charge is 0.249 e. The molecule has 0 saturated carbocycles. The highest BCUT2D eigenvalue weighted by atomic mass is 35.5. The maximum absolute atomic E-state index is 12.6. The summed E-state index contributed by atoms with van der Waals surface area (Å²) in [4.78, 5) is 24.5. The largest absolute Gasteiger partial charge is 0.343 e. The van der Waals surface area contributed by atoms with Crippen LogP contribution in [0.3, 0.4) is 0 Å². The molecule has 2 amide bonds. The molecular formula is C17H21ClN4O2S. The summed E-state index contributed by atoms with van der Waals surface area (Å²) < 4.78 is 0. The van der Waals surface area contributed by atoms with Crippen molar-refractivity contribution in [3.63, 3.8) is 0 Å². The molecule has 1 heterocycles.